The van der Waals surface area contributed by atoms with Crippen molar-refractivity contribution >= 4 is 28.5 Å². The Balaban J connectivity index is 2.05. The van der Waals surface area contributed by atoms with E-state index in [0.717, 1.165) is 19.5 Å². The number of hydrogen-bond donors (Lipinski definition) is 1. The van der Waals surface area contributed by atoms with E-state index in [-0.39, 0.29) is 29.1 Å². The van der Waals surface area contributed by atoms with Crippen LogP contribution in [0.15, 0.2) is 18.2 Å². The summed E-state index contributed by atoms with van der Waals surface area (Å²) in [7, 11) is 0. The van der Waals surface area contributed by atoms with Crippen LogP contribution in [0.1, 0.15) is 24.6 Å². The molecule has 2 atom stereocenters. The summed E-state index contributed by atoms with van der Waals surface area (Å²) >= 11 is 6.07. The van der Waals surface area contributed by atoms with Gasteiger partial charge in [0.2, 0.25) is 0 Å². The first-order valence-electron chi connectivity index (χ1n) is 7.93. The van der Waals surface area contributed by atoms with Gasteiger partial charge in [-0.05, 0) is 50.6 Å². The maximum Gasteiger partial charge on any atom is 0.314 e. The first kappa shape index (κ1) is 16.7. The van der Waals surface area contributed by atoms with Crippen LogP contribution in [0.5, 0.6) is 5.75 Å². The molecule has 2 aromatic rings. The standard InChI is InChI=1S/C18H18ClN3O2/c1-10-9-21-6-5-13(10)18(23)24-17-14-7-12(19)3-4-16(14)22-11(2)15(17)8-20/h3-4,7,10,13,21H,5-6,9H2,1-2H3. The van der Waals surface area contributed by atoms with Crippen molar-refractivity contribution in [1.82, 2.24) is 10.3 Å². The summed E-state index contributed by atoms with van der Waals surface area (Å²) in [4.78, 5) is 17.1. The highest BCUT2D eigenvalue weighted by Gasteiger charge is 2.30. The Morgan fingerprint density at radius 1 is 1.50 bits per heavy atom. The number of piperidine rings is 1. The lowest BCUT2D eigenvalue weighted by Crippen LogP contribution is -2.40. The number of rotatable bonds is 2. The predicted octanol–water partition coefficient (Wildman–Crippen LogP) is 3.22. The van der Waals surface area contributed by atoms with Crippen LogP contribution in [-0.2, 0) is 4.79 Å². The maximum atomic E-state index is 12.7. The van der Waals surface area contributed by atoms with Crippen LogP contribution in [0.25, 0.3) is 10.9 Å². The van der Waals surface area contributed by atoms with Crippen molar-refractivity contribution in [2.24, 2.45) is 11.8 Å². The van der Waals surface area contributed by atoms with Crippen LogP contribution in [0.4, 0.5) is 0 Å². The third kappa shape index (κ3) is 3.08. The number of carbonyl (C=O) groups excluding carboxylic acids is 1. The van der Waals surface area contributed by atoms with Crippen molar-refractivity contribution in [1.29, 1.82) is 5.26 Å². The molecule has 0 radical (unpaired) electrons. The Labute approximate surface area is 145 Å². The van der Waals surface area contributed by atoms with Crippen LogP contribution >= 0.6 is 11.6 Å². The summed E-state index contributed by atoms with van der Waals surface area (Å²) < 4.78 is 5.71. The van der Waals surface area contributed by atoms with Gasteiger partial charge in [-0.1, -0.05) is 18.5 Å². The minimum Gasteiger partial charge on any atom is -0.424 e. The van der Waals surface area contributed by atoms with Crippen molar-refractivity contribution in [3.63, 3.8) is 0 Å². The Hall–Kier alpha value is -2.16. The van der Waals surface area contributed by atoms with Gasteiger partial charge in [-0.15, -0.1) is 0 Å². The van der Waals surface area contributed by atoms with Crippen molar-refractivity contribution in [3.8, 4) is 11.8 Å². The molecule has 124 valence electrons. The highest BCUT2D eigenvalue weighted by Crippen LogP contribution is 2.33. The van der Waals surface area contributed by atoms with Gasteiger partial charge in [0, 0.05) is 10.4 Å². The van der Waals surface area contributed by atoms with E-state index in [0.29, 0.717) is 21.6 Å². The average Bonchev–Trinajstić information content (AvgIpc) is 2.56. The number of aromatic nitrogens is 1. The van der Waals surface area contributed by atoms with Gasteiger partial charge in [0.25, 0.3) is 0 Å². The zero-order chi connectivity index (χ0) is 17.3. The van der Waals surface area contributed by atoms with E-state index in [2.05, 4.69) is 16.4 Å². The lowest BCUT2D eigenvalue weighted by Gasteiger charge is -2.27. The van der Waals surface area contributed by atoms with E-state index < -0.39 is 0 Å². The summed E-state index contributed by atoms with van der Waals surface area (Å²) in [6, 6.07) is 7.26. The monoisotopic (exact) mass is 343 g/mol. The zero-order valence-electron chi connectivity index (χ0n) is 13.6. The third-order valence-electron chi connectivity index (χ3n) is 4.48. The van der Waals surface area contributed by atoms with Crippen LogP contribution in [0.2, 0.25) is 5.02 Å². The molecule has 1 aliphatic heterocycles. The molecule has 6 heteroatoms. The number of pyridine rings is 1. The van der Waals surface area contributed by atoms with E-state index in [1.54, 1.807) is 25.1 Å². The highest BCUT2D eigenvalue weighted by atomic mass is 35.5. The number of aryl methyl sites for hydroxylation is 1. The van der Waals surface area contributed by atoms with E-state index >= 15 is 0 Å². The average molecular weight is 344 g/mol. The Morgan fingerprint density at radius 3 is 3.00 bits per heavy atom. The van der Waals surface area contributed by atoms with E-state index in [1.807, 2.05) is 6.92 Å². The summed E-state index contributed by atoms with van der Waals surface area (Å²) in [6.07, 6.45) is 0.727. The normalized spacial score (nSPS) is 20.6. The van der Waals surface area contributed by atoms with Crippen LogP contribution in [0, 0.1) is 30.1 Å². The number of benzene rings is 1. The molecule has 0 amide bonds. The number of ether oxygens (including phenoxy) is 1. The number of carbonyl (C=O) groups is 1. The molecular formula is C18H18ClN3O2. The number of nitriles is 1. The second-order valence-electron chi connectivity index (χ2n) is 6.17. The molecule has 5 nitrogen and oxygen atoms in total. The molecule has 0 saturated carbocycles. The summed E-state index contributed by atoms with van der Waals surface area (Å²) in [5.41, 5.74) is 1.46. The Bertz CT molecular complexity index is 844. The van der Waals surface area contributed by atoms with Crippen LogP contribution < -0.4 is 10.1 Å². The maximum absolute atomic E-state index is 12.7. The van der Waals surface area contributed by atoms with Crippen LogP contribution in [0.3, 0.4) is 0 Å². The van der Waals surface area contributed by atoms with Gasteiger partial charge in [0.05, 0.1) is 17.1 Å². The van der Waals surface area contributed by atoms with Crippen molar-refractivity contribution in [3.05, 3.63) is 34.5 Å². The molecule has 2 unspecified atom stereocenters. The molecule has 1 aliphatic rings. The van der Waals surface area contributed by atoms with Gasteiger partial charge in [-0.25, -0.2) is 0 Å². The first-order chi connectivity index (χ1) is 11.5. The van der Waals surface area contributed by atoms with Crippen LogP contribution in [-0.4, -0.2) is 24.0 Å². The summed E-state index contributed by atoms with van der Waals surface area (Å²) in [5, 5.41) is 13.8. The highest BCUT2D eigenvalue weighted by molar-refractivity contribution is 6.31. The number of nitrogens with zero attached hydrogens (tertiary/aromatic N) is 2. The van der Waals surface area contributed by atoms with Gasteiger partial charge in [-0.2, -0.15) is 5.26 Å². The van der Waals surface area contributed by atoms with Gasteiger partial charge in [-0.3, -0.25) is 9.78 Å². The topological polar surface area (TPSA) is 75.0 Å². The number of halogens is 1. The zero-order valence-corrected chi connectivity index (χ0v) is 14.4. The van der Waals surface area contributed by atoms with E-state index in [1.165, 1.54) is 0 Å². The largest absolute Gasteiger partial charge is 0.424 e. The lowest BCUT2D eigenvalue weighted by molar-refractivity contribution is -0.141. The van der Waals surface area contributed by atoms with Gasteiger partial charge in [0.1, 0.15) is 11.6 Å². The van der Waals surface area contributed by atoms with Gasteiger partial charge < -0.3 is 10.1 Å². The Kier molecular flexibility index (Phi) is 4.70. The molecule has 0 bridgehead atoms. The van der Waals surface area contributed by atoms with Crippen molar-refractivity contribution in [2.75, 3.05) is 13.1 Å². The molecule has 24 heavy (non-hydrogen) atoms. The summed E-state index contributed by atoms with van der Waals surface area (Å²) in [5.74, 6) is -0.0271. The van der Waals surface area contributed by atoms with Crippen molar-refractivity contribution < 1.29 is 9.53 Å². The number of fused-ring (bicyclic) bond motifs is 1. The molecule has 1 N–H and O–H groups in total. The van der Waals surface area contributed by atoms with E-state index in [4.69, 9.17) is 16.3 Å². The SMILES string of the molecule is Cc1nc2ccc(Cl)cc2c(OC(=O)C2CCNCC2C)c1C#N. The minimum atomic E-state index is -0.299. The van der Waals surface area contributed by atoms with Crippen molar-refractivity contribution in [2.45, 2.75) is 20.3 Å². The molecule has 1 saturated heterocycles. The minimum absolute atomic E-state index is 0.180. The second kappa shape index (κ2) is 6.76. The molecule has 1 aromatic heterocycles. The molecule has 1 fully saturated rings. The quantitative estimate of drug-likeness (QED) is 0.847. The molecule has 1 aromatic carbocycles. The smallest absolute Gasteiger partial charge is 0.314 e. The summed E-state index contributed by atoms with van der Waals surface area (Å²) in [6.45, 7) is 5.33. The fourth-order valence-corrected chi connectivity index (χ4v) is 3.27. The molecule has 0 aliphatic carbocycles. The predicted molar refractivity (Wildman–Crippen MR) is 92.0 cm³/mol. The second-order valence-corrected chi connectivity index (χ2v) is 6.61. The number of nitrogens with one attached hydrogen (secondary N) is 1. The number of esters is 1. The first-order valence-corrected chi connectivity index (χ1v) is 8.31. The fourth-order valence-electron chi connectivity index (χ4n) is 3.10. The molecule has 0 spiro atoms. The molecule has 2 heterocycles. The van der Waals surface area contributed by atoms with E-state index in [9.17, 15) is 10.1 Å². The Morgan fingerprint density at radius 2 is 2.29 bits per heavy atom. The van der Waals surface area contributed by atoms with Gasteiger partial charge in [0.15, 0.2) is 5.75 Å². The van der Waals surface area contributed by atoms with Gasteiger partial charge >= 0.3 is 5.97 Å². The molecular weight excluding hydrogens is 326 g/mol. The lowest BCUT2D eigenvalue weighted by atomic mass is 9.88. The fraction of sp³-hybridized carbons (Fsp3) is 0.389. The molecule has 3 rings (SSSR count). The third-order valence-corrected chi connectivity index (χ3v) is 4.72. The number of hydrogen-bond acceptors (Lipinski definition) is 5.